The van der Waals surface area contributed by atoms with Gasteiger partial charge in [-0.2, -0.15) is 0 Å². The largest absolute Gasteiger partial charge is 0.333 e. The summed E-state index contributed by atoms with van der Waals surface area (Å²) < 4.78 is 24.5. The van der Waals surface area contributed by atoms with Gasteiger partial charge in [0.1, 0.15) is 0 Å². The van der Waals surface area contributed by atoms with E-state index in [9.17, 15) is 13.2 Å². The number of carbonyl (C=O) groups is 1. The maximum Gasteiger partial charge on any atom is 0.333 e. The summed E-state index contributed by atoms with van der Waals surface area (Å²) >= 11 is 0. The molecule has 68 valence electrons. The van der Waals surface area contributed by atoms with E-state index in [1.807, 2.05) is 4.72 Å². The Hall–Kier alpha value is -1.56. The average molecular weight is 198 g/mol. The minimum Gasteiger partial charge on any atom is -0.307 e. The Morgan fingerprint density at radius 3 is 2.31 bits per heavy atom. The van der Waals surface area contributed by atoms with Crippen LogP contribution >= 0.6 is 0 Å². The molecule has 0 atom stereocenters. The van der Waals surface area contributed by atoms with Gasteiger partial charge >= 0.3 is 6.03 Å². The summed E-state index contributed by atoms with van der Waals surface area (Å²) in [6.45, 7) is 0. The molecule has 1 aromatic carbocycles. The van der Waals surface area contributed by atoms with Gasteiger partial charge in [-0.15, -0.1) is 0 Å². The second kappa shape index (κ2) is 2.46. The van der Waals surface area contributed by atoms with Crippen molar-refractivity contribution in [2.75, 3.05) is 5.32 Å². The van der Waals surface area contributed by atoms with Crippen LogP contribution in [0.25, 0.3) is 0 Å². The average Bonchev–Trinajstić information content (AvgIpc) is 2.01. The zero-order chi connectivity index (χ0) is 9.47. The predicted octanol–water partition coefficient (Wildman–Crippen LogP) is 0.510. The Bertz CT molecular complexity index is 449. The van der Waals surface area contributed by atoms with Crippen LogP contribution in [-0.4, -0.2) is 14.4 Å². The molecule has 6 heteroatoms. The van der Waals surface area contributed by atoms with Crippen LogP contribution in [0.3, 0.4) is 0 Å². The zero-order valence-corrected chi connectivity index (χ0v) is 7.26. The number of amides is 2. The molecule has 13 heavy (non-hydrogen) atoms. The van der Waals surface area contributed by atoms with Gasteiger partial charge in [0, 0.05) is 5.69 Å². The smallest absolute Gasteiger partial charge is 0.307 e. The lowest BCUT2D eigenvalue weighted by molar-refractivity contribution is 0.256. The Morgan fingerprint density at radius 1 is 1.08 bits per heavy atom. The van der Waals surface area contributed by atoms with E-state index in [4.69, 9.17) is 0 Å². The molecule has 0 spiro atoms. The first kappa shape index (κ1) is 8.06. The van der Waals surface area contributed by atoms with E-state index in [0.717, 1.165) is 0 Å². The van der Waals surface area contributed by atoms with Gasteiger partial charge in [-0.1, -0.05) is 0 Å². The van der Waals surface area contributed by atoms with Gasteiger partial charge in [0.25, 0.3) is 10.0 Å². The summed E-state index contributed by atoms with van der Waals surface area (Å²) in [6, 6.07) is 5.19. The van der Waals surface area contributed by atoms with E-state index < -0.39 is 16.1 Å². The first-order valence-corrected chi connectivity index (χ1v) is 5.00. The molecule has 0 saturated heterocycles. The second-order valence-electron chi connectivity index (χ2n) is 2.58. The fourth-order valence-electron chi connectivity index (χ4n) is 1.05. The maximum absolute atomic E-state index is 11.3. The molecule has 1 aromatic rings. The van der Waals surface area contributed by atoms with Gasteiger partial charge in [-0.05, 0) is 24.3 Å². The number of hydrogen-bond acceptors (Lipinski definition) is 3. The summed E-state index contributed by atoms with van der Waals surface area (Å²) in [5.41, 5.74) is 0.566. The highest BCUT2D eigenvalue weighted by Crippen LogP contribution is 2.16. The van der Waals surface area contributed by atoms with Crippen molar-refractivity contribution in [1.82, 2.24) is 4.72 Å². The first-order valence-electron chi connectivity index (χ1n) is 3.52. The molecule has 0 aliphatic carbocycles. The predicted molar refractivity (Wildman–Crippen MR) is 45.8 cm³/mol. The van der Waals surface area contributed by atoms with E-state index in [1.54, 1.807) is 0 Å². The molecule has 2 aliphatic rings. The number of rotatable bonds is 0. The van der Waals surface area contributed by atoms with Crippen molar-refractivity contribution >= 4 is 21.7 Å². The molecule has 2 amide bonds. The first-order chi connectivity index (χ1) is 6.08. The topological polar surface area (TPSA) is 75.3 Å². The molecule has 2 aliphatic heterocycles. The van der Waals surface area contributed by atoms with Crippen molar-refractivity contribution in [2.45, 2.75) is 4.90 Å². The van der Waals surface area contributed by atoms with Crippen molar-refractivity contribution < 1.29 is 13.2 Å². The van der Waals surface area contributed by atoms with Gasteiger partial charge in [-0.25, -0.2) is 17.9 Å². The number of benzene rings is 1. The lowest BCUT2D eigenvalue weighted by atomic mass is 10.3. The summed E-state index contributed by atoms with van der Waals surface area (Å²) in [6.07, 6.45) is 0. The normalized spacial score (nSPS) is 18.3. The van der Waals surface area contributed by atoms with Crippen molar-refractivity contribution in [2.24, 2.45) is 0 Å². The van der Waals surface area contributed by atoms with Crippen molar-refractivity contribution in [3.05, 3.63) is 24.3 Å². The number of anilines is 1. The monoisotopic (exact) mass is 198 g/mol. The number of nitrogens with one attached hydrogen (secondary N) is 2. The molecule has 2 bridgehead atoms. The van der Waals surface area contributed by atoms with E-state index in [0.29, 0.717) is 5.69 Å². The highest BCUT2D eigenvalue weighted by Gasteiger charge is 2.20. The maximum atomic E-state index is 11.3. The minimum absolute atomic E-state index is 0.0890. The van der Waals surface area contributed by atoms with Crippen LogP contribution in [0.4, 0.5) is 10.5 Å². The molecule has 0 saturated carbocycles. The molecule has 3 rings (SSSR count). The van der Waals surface area contributed by atoms with Gasteiger partial charge in [0.15, 0.2) is 0 Å². The number of hydrogen-bond donors (Lipinski definition) is 2. The minimum atomic E-state index is -3.68. The summed E-state index contributed by atoms with van der Waals surface area (Å²) in [5, 5.41) is 2.36. The lowest BCUT2D eigenvalue weighted by Crippen LogP contribution is -2.35. The molecule has 0 radical (unpaired) electrons. The van der Waals surface area contributed by atoms with Crippen LogP contribution in [-0.2, 0) is 10.0 Å². The van der Waals surface area contributed by atoms with Crippen molar-refractivity contribution in [3.63, 3.8) is 0 Å². The van der Waals surface area contributed by atoms with Gasteiger partial charge < -0.3 is 5.32 Å². The van der Waals surface area contributed by atoms with Crippen LogP contribution in [0.1, 0.15) is 0 Å². The van der Waals surface area contributed by atoms with Gasteiger partial charge in [0.2, 0.25) is 0 Å². The van der Waals surface area contributed by atoms with Gasteiger partial charge in [0.05, 0.1) is 4.90 Å². The van der Waals surface area contributed by atoms with Crippen LogP contribution in [0.15, 0.2) is 29.2 Å². The second-order valence-corrected chi connectivity index (χ2v) is 4.27. The number of carbonyl (C=O) groups excluding carboxylic acids is 1. The fourth-order valence-corrected chi connectivity index (χ4v) is 1.96. The Morgan fingerprint density at radius 2 is 1.69 bits per heavy atom. The molecule has 2 heterocycles. The van der Waals surface area contributed by atoms with Crippen molar-refractivity contribution in [3.8, 4) is 0 Å². The third-order valence-electron chi connectivity index (χ3n) is 1.65. The molecule has 0 fully saturated rings. The molecule has 0 unspecified atom stereocenters. The van der Waals surface area contributed by atoms with Crippen molar-refractivity contribution in [1.29, 1.82) is 0 Å². The zero-order valence-electron chi connectivity index (χ0n) is 6.44. The Kier molecular flexibility index (Phi) is 1.53. The molecule has 2 N–H and O–H groups in total. The molecular formula is C7H6N2O3S. The van der Waals surface area contributed by atoms with E-state index in [-0.39, 0.29) is 4.90 Å². The Balaban J connectivity index is 2.67. The summed E-state index contributed by atoms with van der Waals surface area (Å²) in [4.78, 5) is 11.0. The van der Waals surface area contributed by atoms with Crippen LogP contribution in [0, 0.1) is 0 Å². The number of sulfonamides is 1. The van der Waals surface area contributed by atoms with Gasteiger partial charge in [-0.3, -0.25) is 0 Å². The third-order valence-corrected chi connectivity index (χ3v) is 3.00. The van der Waals surface area contributed by atoms with E-state index >= 15 is 0 Å². The fraction of sp³-hybridized carbons (Fsp3) is 0. The highest BCUT2D eigenvalue weighted by atomic mass is 32.2. The summed E-state index contributed by atoms with van der Waals surface area (Å²) in [7, 11) is -3.68. The quantitative estimate of drug-likeness (QED) is 0.637. The standard InChI is InChI=1S/C7H6N2O3S/c10-7-8-5-1-3-6(4-2-5)13(11,12)9-7/h1-4H,(H2,8,9,10). The molecule has 5 nitrogen and oxygen atoms in total. The van der Waals surface area contributed by atoms with Crippen LogP contribution in [0.5, 0.6) is 0 Å². The third kappa shape index (κ3) is 1.35. The summed E-state index contributed by atoms with van der Waals surface area (Å²) in [5.74, 6) is 0. The Labute approximate surface area is 74.8 Å². The van der Waals surface area contributed by atoms with Crippen LogP contribution < -0.4 is 10.0 Å². The number of fused-ring (bicyclic) bond motifs is 5. The number of urea groups is 1. The lowest BCUT2D eigenvalue weighted by Gasteiger charge is -2.12. The molecule has 0 aromatic heterocycles. The van der Waals surface area contributed by atoms with E-state index in [1.165, 1.54) is 24.3 Å². The SMILES string of the molecule is O=C1Nc2ccc(cc2)S(=O)(=O)N1. The highest BCUT2D eigenvalue weighted by molar-refractivity contribution is 7.90. The van der Waals surface area contributed by atoms with Crippen LogP contribution in [0.2, 0.25) is 0 Å². The molecular weight excluding hydrogens is 192 g/mol. The van der Waals surface area contributed by atoms with E-state index in [2.05, 4.69) is 5.32 Å².